The molecule has 6 heteroatoms. The number of hydrogen-bond acceptors (Lipinski definition) is 1. The van der Waals surface area contributed by atoms with Gasteiger partial charge in [-0.15, -0.1) is 0 Å². The molecule has 0 bridgehead atoms. The number of rotatable bonds is 8. The molecular weight excluding hydrogens is 389 g/mol. The van der Waals surface area contributed by atoms with Crippen LogP contribution in [-0.2, 0) is 13.1 Å². The van der Waals surface area contributed by atoms with Gasteiger partial charge in [0.25, 0.3) is 0 Å². The first kappa shape index (κ1) is 20.9. The predicted molar refractivity (Wildman–Crippen MR) is 116 cm³/mol. The van der Waals surface area contributed by atoms with Crippen molar-refractivity contribution in [2.45, 2.75) is 32.9 Å². The van der Waals surface area contributed by atoms with Crippen LogP contribution in [0.2, 0.25) is 5.02 Å². The molecule has 0 radical (unpaired) electrons. The van der Waals surface area contributed by atoms with Gasteiger partial charge >= 0.3 is 6.03 Å². The molecule has 152 valence electrons. The second-order valence-corrected chi connectivity index (χ2v) is 7.34. The highest BCUT2D eigenvalue weighted by Gasteiger charge is 2.16. The van der Waals surface area contributed by atoms with Gasteiger partial charge < -0.3 is 14.8 Å². The van der Waals surface area contributed by atoms with Gasteiger partial charge in [-0.2, -0.15) is 0 Å². The van der Waals surface area contributed by atoms with Crippen LogP contribution in [0.3, 0.4) is 0 Å². The van der Waals surface area contributed by atoms with Crippen molar-refractivity contribution >= 4 is 23.3 Å². The molecule has 29 heavy (non-hydrogen) atoms. The predicted octanol–water partition coefficient (Wildman–Crippen LogP) is 6.16. The molecule has 1 aromatic heterocycles. The Morgan fingerprint density at radius 3 is 2.72 bits per heavy atom. The van der Waals surface area contributed by atoms with E-state index in [1.807, 2.05) is 42.6 Å². The van der Waals surface area contributed by atoms with Crippen molar-refractivity contribution in [1.29, 1.82) is 0 Å². The smallest absolute Gasteiger partial charge is 0.322 e. The van der Waals surface area contributed by atoms with Crippen LogP contribution in [0.25, 0.3) is 0 Å². The fraction of sp³-hybridized carbons (Fsp3) is 0.261. The molecule has 3 aromatic rings. The molecule has 0 fully saturated rings. The summed E-state index contributed by atoms with van der Waals surface area (Å²) in [5.41, 5.74) is 2.48. The fourth-order valence-electron chi connectivity index (χ4n) is 3.12. The van der Waals surface area contributed by atoms with E-state index in [4.69, 9.17) is 11.6 Å². The summed E-state index contributed by atoms with van der Waals surface area (Å²) >= 11 is 6.30. The first-order valence-corrected chi connectivity index (χ1v) is 10.1. The van der Waals surface area contributed by atoms with Crippen molar-refractivity contribution in [3.05, 3.63) is 89.0 Å². The minimum absolute atomic E-state index is 0.241. The third-order valence-electron chi connectivity index (χ3n) is 4.72. The number of carbonyl (C=O) groups excluding carboxylic acids is 1. The summed E-state index contributed by atoms with van der Waals surface area (Å²) in [7, 11) is 0. The zero-order chi connectivity index (χ0) is 20.6. The average molecular weight is 414 g/mol. The molecule has 0 saturated carbocycles. The molecule has 0 aliphatic rings. The summed E-state index contributed by atoms with van der Waals surface area (Å²) in [6, 6.07) is 17.4. The van der Waals surface area contributed by atoms with E-state index in [1.54, 1.807) is 17.0 Å². The summed E-state index contributed by atoms with van der Waals surface area (Å²) in [6.07, 6.45) is 3.85. The third kappa shape index (κ3) is 5.84. The number of nitrogens with one attached hydrogen (secondary N) is 1. The van der Waals surface area contributed by atoms with Gasteiger partial charge in [0.15, 0.2) is 0 Å². The number of benzene rings is 2. The van der Waals surface area contributed by atoms with E-state index in [2.05, 4.69) is 16.8 Å². The van der Waals surface area contributed by atoms with Crippen molar-refractivity contribution in [2.24, 2.45) is 0 Å². The van der Waals surface area contributed by atoms with E-state index in [1.165, 1.54) is 12.1 Å². The van der Waals surface area contributed by atoms with Crippen LogP contribution in [0.5, 0.6) is 0 Å². The van der Waals surface area contributed by atoms with Crippen LogP contribution in [0, 0.1) is 5.82 Å². The Morgan fingerprint density at radius 1 is 1.14 bits per heavy atom. The molecule has 1 N–H and O–H groups in total. The van der Waals surface area contributed by atoms with E-state index in [0.29, 0.717) is 25.3 Å². The molecule has 0 aliphatic heterocycles. The lowest BCUT2D eigenvalue weighted by molar-refractivity contribution is 0.207. The lowest BCUT2D eigenvalue weighted by atomic mass is 10.2. The van der Waals surface area contributed by atoms with Crippen LogP contribution in [0.1, 0.15) is 31.0 Å². The van der Waals surface area contributed by atoms with Gasteiger partial charge in [-0.25, -0.2) is 9.18 Å². The number of amides is 2. The number of carbonyl (C=O) groups is 1. The number of urea groups is 1. The second-order valence-electron chi connectivity index (χ2n) is 6.93. The summed E-state index contributed by atoms with van der Waals surface area (Å²) in [5, 5.41) is 3.52. The Bertz CT molecular complexity index is 957. The van der Waals surface area contributed by atoms with E-state index in [-0.39, 0.29) is 11.8 Å². The summed E-state index contributed by atoms with van der Waals surface area (Å²) in [5.74, 6) is -0.378. The Kier molecular flexibility index (Phi) is 7.30. The van der Waals surface area contributed by atoms with Crippen molar-refractivity contribution in [2.75, 3.05) is 11.9 Å². The Hall–Kier alpha value is -2.79. The first-order chi connectivity index (χ1) is 14.1. The summed E-state index contributed by atoms with van der Waals surface area (Å²) in [4.78, 5) is 14.6. The van der Waals surface area contributed by atoms with Crippen LogP contribution >= 0.6 is 11.6 Å². The lowest BCUT2D eigenvalue weighted by Crippen LogP contribution is -2.36. The monoisotopic (exact) mass is 413 g/mol. The maximum absolute atomic E-state index is 13.4. The number of halogens is 2. The Morgan fingerprint density at radius 2 is 1.97 bits per heavy atom. The summed E-state index contributed by atoms with van der Waals surface area (Å²) < 4.78 is 15.5. The Balaban J connectivity index is 1.74. The van der Waals surface area contributed by atoms with Crippen LogP contribution < -0.4 is 5.32 Å². The third-order valence-corrected chi connectivity index (χ3v) is 5.09. The van der Waals surface area contributed by atoms with Crippen molar-refractivity contribution in [1.82, 2.24) is 9.47 Å². The zero-order valence-electron chi connectivity index (χ0n) is 16.4. The van der Waals surface area contributed by atoms with Gasteiger partial charge in [0.05, 0.1) is 6.54 Å². The standard InChI is InChI=1S/C23H25ClFN3O/c1-2-3-13-28(23(29)26-20-10-6-9-19(25)15-20)17-21-11-7-14-27(21)16-18-8-4-5-12-22(18)24/h4-12,14-15H,2-3,13,16-17H2,1H3,(H,26,29). The topological polar surface area (TPSA) is 37.3 Å². The first-order valence-electron chi connectivity index (χ1n) is 9.75. The number of nitrogens with zero attached hydrogens (tertiary/aromatic N) is 2. The van der Waals surface area contributed by atoms with Gasteiger partial charge in [0, 0.05) is 35.7 Å². The molecule has 0 atom stereocenters. The minimum atomic E-state index is -0.378. The van der Waals surface area contributed by atoms with Gasteiger partial charge in [0.1, 0.15) is 5.82 Å². The molecule has 1 heterocycles. The van der Waals surface area contributed by atoms with Crippen LogP contribution in [-0.4, -0.2) is 22.0 Å². The number of aromatic nitrogens is 1. The van der Waals surface area contributed by atoms with E-state index in [0.717, 1.165) is 29.1 Å². The quantitative estimate of drug-likeness (QED) is 0.471. The summed E-state index contributed by atoms with van der Waals surface area (Å²) in [6.45, 7) is 3.80. The van der Waals surface area contributed by atoms with Crippen molar-refractivity contribution < 1.29 is 9.18 Å². The molecule has 0 saturated heterocycles. The van der Waals surface area contributed by atoms with Crippen molar-refractivity contribution in [3.8, 4) is 0 Å². The molecule has 2 aromatic carbocycles. The van der Waals surface area contributed by atoms with E-state index >= 15 is 0 Å². The number of unbranched alkanes of at least 4 members (excludes halogenated alkanes) is 1. The number of anilines is 1. The van der Waals surface area contributed by atoms with E-state index in [9.17, 15) is 9.18 Å². The minimum Gasteiger partial charge on any atom is -0.345 e. The Labute approximate surface area is 175 Å². The SMILES string of the molecule is CCCCN(Cc1cccn1Cc1ccccc1Cl)C(=O)Nc1cccc(F)c1. The van der Waals surface area contributed by atoms with Gasteiger partial charge in [0.2, 0.25) is 0 Å². The maximum Gasteiger partial charge on any atom is 0.322 e. The maximum atomic E-state index is 13.4. The van der Waals surface area contributed by atoms with Gasteiger partial charge in [-0.3, -0.25) is 0 Å². The molecule has 0 aliphatic carbocycles. The van der Waals surface area contributed by atoms with Crippen molar-refractivity contribution in [3.63, 3.8) is 0 Å². The molecule has 2 amide bonds. The highest BCUT2D eigenvalue weighted by molar-refractivity contribution is 6.31. The van der Waals surface area contributed by atoms with Crippen LogP contribution in [0.4, 0.5) is 14.9 Å². The van der Waals surface area contributed by atoms with E-state index < -0.39 is 0 Å². The molecule has 0 unspecified atom stereocenters. The fourth-order valence-corrected chi connectivity index (χ4v) is 3.32. The lowest BCUT2D eigenvalue weighted by Gasteiger charge is -2.24. The highest BCUT2D eigenvalue weighted by Crippen LogP contribution is 2.19. The van der Waals surface area contributed by atoms with Gasteiger partial charge in [-0.1, -0.05) is 49.2 Å². The highest BCUT2D eigenvalue weighted by atomic mass is 35.5. The van der Waals surface area contributed by atoms with Crippen LogP contribution in [0.15, 0.2) is 66.9 Å². The van der Waals surface area contributed by atoms with Gasteiger partial charge in [-0.05, 0) is 48.4 Å². The average Bonchev–Trinajstić information content (AvgIpc) is 3.13. The number of hydrogen-bond donors (Lipinski definition) is 1. The molecule has 0 spiro atoms. The molecule has 3 rings (SSSR count). The largest absolute Gasteiger partial charge is 0.345 e. The zero-order valence-corrected chi connectivity index (χ0v) is 17.2. The molecular formula is C23H25ClFN3O. The normalized spacial score (nSPS) is 10.7. The molecule has 4 nitrogen and oxygen atoms in total. The second kappa shape index (κ2) is 10.1.